The Morgan fingerprint density at radius 2 is 1.90 bits per heavy atom. The van der Waals surface area contributed by atoms with E-state index in [0.29, 0.717) is 13.1 Å². The third kappa shape index (κ3) is 6.45. The number of nitrogens with zero attached hydrogens (tertiary/aromatic N) is 3. The van der Waals surface area contributed by atoms with Crippen LogP contribution in [0.1, 0.15) is 53.5 Å². The highest BCUT2D eigenvalue weighted by atomic mass is 19.1. The van der Waals surface area contributed by atoms with Crippen molar-refractivity contribution in [3.05, 3.63) is 51.2 Å². The molecule has 2 unspecified atom stereocenters. The molecule has 230 valence electrons. The zero-order valence-corrected chi connectivity index (χ0v) is 24.1. The van der Waals surface area contributed by atoms with Crippen LogP contribution >= 0.6 is 0 Å². The van der Waals surface area contributed by atoms with Crippen LogP contribution in [0.5, 0.6) is 5.75 Å². The highest BCUT2D eigenvalue weighted by molar-refractivity contribution is 5.99. The van der Waals surface area contributed by atoms with Gasteiger partial charge < -0.3 is 29.9 Å². The van der Waals surface area contributed by atoms with Crippen LogP contribution in [0.3, 0.4) is 0 Å². The van der Waals surface area contributed by atoms with E-state index >= 15 is 0 Å². The topological polar surface area (TPSA) is 116 Å². The summed E-state index contributed by atoms with van der Waals surface area (Å²) in [6.07, 6.45) is 6.31. The fraction of sp³-hybridized carbons (Fsp3) is 0.633. The van der Waals surface area contributed by atoms with Gasteiger partial charge in [0.2, 0.25) is 5.43 Å². The Morgan fingerprint density at radius 3 is 2.69 bits per heavy atom. The molecule has 4 aliphatic rings. The third-order valence-electron chi connectivity index (χ3n) is 9.04. The minimum atomic E-state index is -1.44. The molecule has 42 heavy (non-hydrogen) atoms. The second-order valence-corrected chi connectivity index (χ2v) is 11.7. The van der Waals surface area contributed by atoms with Gasteiger partial charge in [-0.15, -0.1) is 0 Å². The highest BCUT2D eigenvalue weighted by Crippen LogP contribution is 2.32. The van der Waals surface area contributed by atoms with Crippen molar-refractivity contribution in [1.29, 1.82) is 0 Å². The second kappa shape index (κ2) is 13.5. The summed E-state index contributed by atoms with van der Waals surface area (Å²) in [6, 6.07) is -0.00797. The largest absolute Gasteiger partial charge is 0.503 e. The fourth-order valence-electron chi connectivity index (χ4n) is 6.47. The lowest BCUT2D eigenvalue weighted by Crippen LogP contribution is -2.53. The maximum atomic E-state index is 14.4. The number of morpholine rings is 1. The molecule has 0 bridgehead atoms. The summed E-state index contributed by atoms with van der Waals surface area (Å²) in [7, 11) is 0. The molecule has 1 saturated carbocycles. The first kappa shape index (κ1) is 30.4. The predicted molar refractivity (Wildman–Crippen MR) is 153 cm³/mol. The summed E-state index contributed by atoms with van der Waals surface area (Å²) in [6.45, 7) is 7.90. The lowest BCUT2D eigenvalue weighted by molar-refractivity contribution is 0.0372. The van der Waals surface area contributed by atoms with Gasteiger partial charge in [-0.3, -0.25) is 19.3 Å². The minimum Gasteiger partial charge on any atom is -0.503 e. The molecule has 1 aromatic heterocycles. The van der Waals surface area contributed by atoms with Gasteiger partial charge in [0, 0.05) is 69.5 Å². The number of rotatable bonds is 9. The maximum Gasteiger partial charge on any atom is 0.274 e. The van der Waals surface area contributed by atoms with E-state index in [0.717, 1.165) is 71.6 Å². The number of aromatic hydroxyl groups is 1. The van der Waals surface area contributed by atoms with Gasteiger partial charge in [0.05, 0.1) is 13.2 Å². The van der Waals surface area contributed by atoms with Gasteiger partial charge in [-0.05, 0) is 31.4 Å². The Labute approximate surface area is 244 Å². The molecule has 0 spiro atoms. The van der Waals surface area contributed by atoms with Crippen molar-refractivity contribution < 1.29 is 28.2 Å². The highest BCUT2D eigenvalue weighted by Gasteiger charge is 2.38. The first-order chi connectivity index (χ1) is 20.3. The maximum absolute atomic E-state index is 14.4. The molecule has 10 nitrogen and oxygen atoms in total. The molecular weight excluding hydrogens is 548 g/mol. The van der Waals surface area contributed by atoms with Crippen molar-refractivity contribution in [3.8, 4) is 5.75 Å². The van der Waals surface area contributed by atoms with Gasteiger partial charge in [-0.2, -0.15) is 0 Å². The van der Waals surface area contributed by atoms with Crippen molar-refractivity contribution in [3.63, 3.8) is 0 Å². The van der Waals surface area contributed by atoms with Crippen LogP contribution < -0.4 is 16.1 Å². The Balaban J connectivity index is 1.24. The number of halogens is 2. The third-order valence-corrected chi connectivity index (χ3v) is 9.04. The van der Waals surface area contributed by atoms with Crippen molar-refractivity contribution in [2.75, 3.05) is 59.0 Å². The second-order valence-electron chi connectivity index (χ2n) is 11.7. The van der Waals surface area contributed by atoms with E-state index in [1.165, 1.54) is 29.8 Å². The monoisotopic (exact) mass is 589 g/mol. The molecule has 3 heterocycles. The smallest absolute Gasteiger partial charge is 0.274 e. The molecule has 2 aliphatic carbocycles. The first-order valence-corrected chi connectivity index (χ1v) is 15.0. The number of alkyl halides is 1. The van der Waals surface area contributed by atoms with Crippen molar-refractivity contribution >= 4 is 11.8 Å². The zero-order valence-electron chi connectivity index (χ0n) is 24.1. The van der Waals surface area contributed by atoms with E-state index in [-0.39, 0.29) is 35.3 Å². The van der Waals surface area contributed by atoms with Crippen LogP contribution in [0, 0.1) is 11.8 Å². The SMILES string of the molecule is CC1C(F)=C(CNC(=O)c2cn3c(c(O)c2=O)C(=O)N([C@H]2CCCC[C@H]2CNCCN2CCOCC2)CC3)C=CC1F. The van der Waals surface area contributed by atoms with E-state index in [2.05, 4.69) is 15.5 Å². The van der Waals surface area contributed by atoms with Gasteiger partial charge in [0.1, 0.15) is 17.6 Å². The molecule has 2 amide bonds. The number of pyridine rings is 1. The number of allylic oxidation sites excluding steroid dienone is 2. The van der Waals surface area contributed by atoms with Gasteiger partial charge in [0.15, 0.2) is 11.4 Å². The summed E-state index contributed by atoms with van der Waals surface area (Å²) < 4.78 is 35.0. The normalized spacial score (nSPS) is 26.8. The van der Waals surface area contributed by atoms with Crippen molar-refractivity contribution in [1.82, 2.24) is 25.0 Å². The number of nitrogens with one attached hydrogen (secondary N) is 2. The summed E-state index contributed by atoms with van der Waals surface area (Å²) in [5.41, 5.74) is -1.28. The average Bonchev–Trinajstić information content (AvgIpc) is 3.00. The van der Waals surface area contributed by atoms with Crippen LogP contribution in [0.15, 0.2) is 34.5 Å². The number of amides is 2. The minimum absolute atomic E-state index is 0.00797. The number of aromatic nitrogens is 1. The summed E-state index contributed by atoms with van der Waals surface area (Å²) in [4.78, 5) is 43.7. The standard InChI is InChI=1S/C30H41F2N5O5/c1-19-23(31)7-6-21(25(19)32)17-34-29(40)22-18-36-10-11-37(30(41)26(36)28(39)27(22)38)24-5-3-2-4-20(24)16-33-8-9-35-12-14-42-15-13-35/h6-7,18-20,23-24,33,39H,2-5,8-17H2,1H3,(H,34,40)/t19?,20-,23?,24-/m0/s1. The molecule has 1 aromatic rings. The quantitative estimate of drug-likeness (QED) is 0.378. The number of carbonyl (C=O) groups excluding carboxylic acids is 2. The van der Waals surface area contributed by atoms with Gasteiger partial charge in [-0.25, -0.2) is 8.78 Å². The van der Waals surface area contributed by atoms with Crippen LogP contribution in [0.25, 0.3) is 0 Å². The average molecular weight is 590 g/mol. The van der Waals surface area contributed by atoms with Crippen LogP contribution in [0.4, 0.5) is 8.78 Å². The summed E-state index contributed by atoms with van der Waals surface area (Å²) >= 11 is 0. The number of hydrogen-bond donors (Lipinski definition) is 3. The number of fused-ring (bicyclic) bond motifs is 1. The lowest BCUT2D eigenvalue weighted by Gasteiger charge is -2.42. The Hall–Kier alpha value is -3.09. The molecular formula is C30H41F2N5O5. The van der Waals surface area contributed by atoms with Gasteiger partial charge in [-0.1, -0.05) is 25.8 Å². The Kier molecular flexibility index (Phi) is 9.74. The molecule has 2 aliphatic heterocycles. The molecule has 0 aromatic carbocycles. The van der Waals surface area contributed by atoms with E-state index < -0.39 is 40.9 Å². The first-order valence-electron chi connectivity index (χ1n) is 15.0. The van der Waals surface area contributed by atoms with Gasteiger partial charge >= 0.3 is 0 Å². The van der Waals surface area contributed by atoms with Crippen LogP contribution in [-0.4, -0.2) is 103 Å². The van der Waals surface area contributed by atoms with Crippen LogP contribution in [-0.2, 0) is 11.3 Å². The number of carbonyl (C=O) groups is 2. The predicted octanol–water partition coefficient (Wildman–Crippen LogP) is 1.99. The zero-order chi connectivity index (χ0) is 29.8. The fourth-order valence-corrected chi connectivity index (χ4v) is 6.47. The molecule has 3 N–H and O–H groups in total. The number of ether oxygens (including phenoxy) is 1. The molecule has 5 rings (SSSR count). The van der Waals surface area contributed by atoms with E-state index in [1.807, 2.05) is 0 Å². The lowest BCUT2D eigenvalue weighted by atomic mass is 9.83. The molecule has 0 radical (unpaired) electrons. The van der Waals surface area contributed by atoms with E-state index in [4.69, 9.17) is 4.74 Å². The van der Waals surface area contributed by atoms with Gasteiger partial charge in [0.25, 0.3) is 11.8 Å². The van der Waals surface area contributed by atoms with E-state index in [9.17, 15) is 28.3 Å². The molecule has 1 saturated heterocycles. The van der Waals surface area contributed by atoms with Crippen LogP contribution in [0.2, 0.25) is 0 Å². The molecule has 12 heteroatoms. The summed E-state index contributed by atoms with van der Waals surface area (Å²) in [5.74, 6) is -3.33. The number of hydrogen-bond acceptors (Lipinski definition) is 7. The Morgan fingerprint density at radius 1 is 1.14 bits per heavy atom. The van der Waals surface area contributed by atoms with Crippen molar-refractivity contribution in [2.45, 2.75) is 51.4 Å². The Bertz CT molecular complexity index is 1290. The summed E-state index contributed by atoms with van der Waals surface area (Å²) in [5, 5.41) is 16.9. The molecule has 2 fully saturated rings. The van der Waals surface area contributed by atoms with Crippen molar-refractivity contribution in [2.24, 2.45) is 11.8 Å². The molecule has 4 atom stereocenters. The van der Waals surface area contributed by atoms with E-state index in [1.54, 1.807) is 4.90 Å².